The van der Waals surface area contributed by atoms with Crippen LogP contribution in [-0.4, -0.2) is 10.8 Å². The van der Waals surface area contributed by atoms with E-state index < -0.39 is 10.3 Å². The average molecular weight is 312 g/mol. The molecule has 118 valence electrons. The molecule has 6 heteroatoms. The van der Waals surface area contributed by atoms with Gasteiger partial charge < -0.3 is 10.5 Å². The molecule has 2 aromatic carbocycles. The summed E-state index contributed by atoms with van der Waals surface area (Å²) in [6.45, 7) is 1.75. The van der Waals surface area contributed by atoms with Crippen molar-refractivity contribution in [1.29, 1.82) is 0 Å². The van der Waals surface area contributed by atoms with Crippen molar-refractivity contribution in [3.63, 3.8) is 0 Å². The third-order valence-electron chi connectivity index (χ3n) is 4.21. The van der Waals surface area contributed by atoms with Gasteiger partial charge in [0.05, 0.1) is 10.3 Å². The Morgan fingerprint density at radius 2 is 2.00 bits per heavy atom. The van der Waals surface area contributed by atoms with Gasteiger partial charge in [-0.25, -0.2) is 0 Å². The predicted molar refractivity (Wildman–Crippen MR) is 84.5 cm³/mol. The third kappa shape index (κ3) is 2.75. The molecule has 0 bridgehead atoms. The first-order chi connectivity index (χ1) is 10.9. The number of nitrogens with zero attached hydrogens (tertiary/aromatic N) is 1. The summed E-state index contributed by atoms with van der Waals surface area (Å²) in [4.78, 5) is 22.0. The number of hydrogen-bond donors (Lipinski definition) is 1. The van der Waals surface area contributed by atoms with Crippen molar-refractivity contribution < 1.29 is 14.5 Å². The highest BCUT2D eigenvalue weighted by atomic mass is 16.6. The van der Waals surface area contributed by atoms with Crippen LogP contribution in [0.2, 0.25) is 0 Å². The first-order valence-electron chi connectivity index (χ1n) is 7.26. The molecule has 0 aromatic heterocycles. The molecule has 0 atom stereocenters. The van der Waals surface area contributed by atoms with E-state index in [1.165, 1.54) is 12.1 Å². The minimum absolute atomic E-state index is 0.0225. The zero-order valence-corrected chi connectivity index (χ0v) is 12.6. The molecule has 1 saturated carbocycles. The molecule has 1 aliphatic rings. The van der Waals surface area contributed by atoms with Crippen LogP contribution in [-0.2, 0) is 10.2 Å². The van der Waals surface area contributed by atoms with E-state index in [2.05, 4.69) is 0 Å². The average Bonchev–Trinajstić information content (AvgIpc) is 3.31. The summed E-state index contributed by atoms with van der Waals surface area (Å²) in [7, 11) is 0. The number of primary amides is 1. The molecular weight excluding hydrogens is 296 g/mol. The maximum absolute atomic E-state index is 11.6. The SMILES string of the molecule is Cc1cc([N+](=O)[O-])ccc1Oc1cccc(C2(C(N)=O)CC2)c1. The largest absolute Gasteiger partial charge is 0.457 e. The van der Waals surface area contributed by atoms with Gasteiger partial charge in [-0.15, -0.1) is 0 Å². The van der Waals surface area contributed by atoms with Gasteiger partial charge in [-0.1, -0.05) is 12.1 Å². The number of carbonyl (C=O) groups is 1. The molecule has 0 radical (unpaired) electrons. The number of non-ortho nitro benzene ring substituents is 1. The Morgan fingerprint density at radius 1 is 1.26 bits per heavy atom. The van der Waals surface area contributed by atoms with E-state index in [-0.39, 0.29) is 11.6 Å². The van der Waals surface area contributed by atoms with Crippen LogP contribution in [0.1, 0.15) is 24.0 Å². The Morgan fingerprint density at radius 3 is 2.57 bits per heavy atom. The lowest BCUT2D eigenvalue weighted by Gasteiger charge is -2.14. The van der Waals surface area contributed by atoms with Crippen LogP contribution >= 0.6 is 0 Å². The number of nitro groups is 1. The molecule has 0 saturated heterocycles. The molecule has 1 amide bonds. The fourth-order valence-electron chi connectivity index (χ4n) is 2.65. The molecule has 2 N–H and O–H groups in total. The molecule has 0 spiro atoms. The maximum atomic E-state index is 11.6. The minimum atomic E-state index is -0.566. The number of nitro benzene ring substituents is 1. The monoisotopic (exact) mass is 312 g/mol. The van der Waals surface area contributed by atoms with Crippen molar-refractivity contribution in [3.05, 3.63) is 63.7 Å². The second-order valence-corrected chi connectivity index (χ2v) is 5.78. The summed E-state index contributed by atoms with van der Waals surface area (Å²) in [6.07, 6.45) is 1.50. The molecule has 0 unspecified atom stereocenters. The van der Waals surface area contributed by atoms with Gasteiger partial charge in [0.25, 0.3) is 5.69 Å². The lowest BCUT2D eigenvalue weighted by atomic mass is 9.95. The number of ether oxygens (including phenoxy) is 1. The van der Waals surface area contributed by atoms with Gasteiger partial charge in [-0.05, 0) is 49.1 Å². The lowest BCUT2D eigenvalue weighted by molar-refractivity contribution is -0.384. The van der Waals surface area contributed by atoms with E-state index in [4.69, 9.17) is 10.5 Å². The highest BCUT2D eigenvalue weighted by molar-refractivity contribution is 5.89. The van der Waals surface area contributed by atoms with Gasteiger partial charge in [0.15, 0.2) is 0 Å². The number of rotatable bonds is 5. The van der Waals surface area contributed by atoms with Gasteiger partial charge in [0, 0.05) is 12.1 Å². The van der Waals surface area contributed by atoms with Crippen molar-refractivity contribution >= 4 is 11.6 Å². The van der Waals surface area contributed by atoms with E-state index >= 15 is 0 Å². The topological polar surface area (TPSA) is 95.5 Å². The van der Waals surface area contributed by atoms with E-state index in [1.54, 1.807) is 25.1 Å². The van der Waals surface area contributed by atoms with Crippen molar-refractivity contribution in [1.82, 2.24) is 0 Å². The molecule has 1 fully saturated rings. The van der Waals surface area contributed by atoms with E-state index in [0.29, 0.717) is 17.1 Å². The minimum Gasteiger partial charge on any atom is -0.457 e. The molecule has 6 nitrogen and oxygen atoms in total. The van der Waals surface area contributed by atoms with E-state index in [9.17, 15) is 14.9 Å². The van der Waals surface area contributed by atoms with Crippen LogP contribution in [0.3, 0.4) is 0 Å². The first kappa shape index (κ1) is 15.0. The Kier molecular flexibility index (Phi) is 3.52. The first-order valence-corrected chi connectivity index (χ1v) is 7.26. The number of aryl methyl sites for hydroxylation is 1. The smallest absolute Gasteiger partial charge is 0.269 e. The lowest BCUT2D eigenvalue weighted by Crippen LogP contribution is -2.28. The maximum Gasteiger partial charge on any atom is 0.269 e. The highest BCUT2D eigenvalue weighted by Crippen LogP contribution is 2.48. The highest BCUT2D eigenvalue weighted by Gasteiger charge is 2.50. The number of carbonyl (C=O) groups excluding carboxylic acids is 1. The van der Waals surface area contributed by atoms with Crippen molar-refractivity contribution in [2.75, 3.05) is 0 Å². The Bertz CT molecular complexity index is 797. The summed E-state index contributed by atoms with van der Waals surface area (Å²) < 4.78 is 5.81. The predicted octanol–water partition coefficient (Wildman–Crippen LogP) is 3.21. The Labute approximate surface area is 133 Å². The Hall–Kier alpha value is -2.89. The summed E-state index contributed by atoms with van der Waals surface area (Å²) >= 11 is 0. The van der Waals surface area contributed by atoms with Crippen LogP contribution < -0.4 is 10.5 Å². The molecular formula is C17H16N2O4. The van der Waals surface area contributed by atoms with Crippen LogP contribution in [0.5, 0.6) is 11.5 Å². The quantitative estimate of drug-likeness (QED) is 0.677. The summed E-state index contributed by atoms with van der Waals surface area (Å²) in [5, 5.41) is 10.8. The molecule has 1 aliphatic carbocycles. The third-order valence-corrected chi connectivity index (χ3v) is 4.21. The van der Waals surface area contributed by atoms with Crippen molar-refractivity contribution in [2.24, 2.45) is 5.73 Å². The number of nitrogens with two attached hydrogens (primary N) is 1. The number of benzene rings is 2. The van der Waals surface area contributed by atoms with E-state index in [0.717, 1.165) is 18.4 Å². The van der Waals surface area contributed by atoms with Gasteiger partial charge in [0.2, 0.25) is 5.91 Å². The fraction of sp³-hybridized carbons (Fsp3) is 0.235. The molecule has 2 aromatic rings. The second-order valence-electron chi connectivity index (χ2n) is 5.78. The standard InChI is InChI=1S/C17H16N2O4/c1-11-9-13(19(21)22)5-6-15(11)23-14-4-2-3-12(10-14)17(7-8-17)16(18)20/h2-6,9-10H,7-8H2,1H3,(H2,18,20). The Balaban J connectivity index is 1.87. The van der Waals surface area contributed by atoms with Crippen molar-refractivity contribution in [3.8, 4) is 11.5 Å². The normalized spacial score (nSPS) is 15.0. The van der Waals surface area contributed by atoms with Crippen LogP contribution in [0.15, 0.2) is 42.5 Å². The van der Waals surface area contributed by atoms with Crippen LogP contribution in [0, 0.1) is 17.0 Å². The second kappa shape index (κ2) is 5.39. The number of amides is 1. The van der Waals surface area contributed by atoms with Crippen molar-refractivity contribution in [2.45, 2.75) is 25.2 Å². The fourth-order valence-corrected chi connectivity index (χ4v) is 2.65. The molecule has 0 heterocycles. The van der Waals surface area contributed by atoms with Gasteiger partial charge >= 0.3 is 0 Å². The molecule has 23 heavy (non-hydrogen) atoms. The van der Waals surface area contributed by atoms with Gasteiger partial charge in [-0.3, -0.25) is 14.9 Å². The number of hydrogen-bond acceptors (Lipinski definition) is 4. The van der Waals surface area contributed by atoms with Crippen LogP contribution in [0.25, 0.3) is 0 Å². The summed E-state index contributed by atoms with van der Waals surface area (Å²) in [6, 6.07) is 11.7. The summed E-state index contributed by atoms with van der Waals surface area (Å²) in [5.74, 6) is 0.796. The van der Waals surface area contributed by atoms with Crippen LogP contribution in [0.4, 0.5) is 5.69 Å². The zero-order valence-electron chi connectivity index (χ0n) is 12.6. The van der Waals surface area contributed by atoms with Gasteiger partial charge in [0.1, 0.15) is 11.5 Å². The molecule has 0 aliphatic heterocycles. The zero-order chi connectivity index (χ0) is 16.6. The van der Waals surface area contributed by atoms with E-state index in [1.807, 2.05) is 12.1 Å². The van der Waals surface area contributed by atoms with Gasteiger partial charge in [-0.2, -0.15) is 0 Å². The molecule has 3 rings (SSSR count). The summed E-state index contributed by atoms with van der Waals surface area (Å²) in [5.41, 5.74) is 6.47.